The van der Waals surface area contributed by atoms with Crippen molar-refractivity contribution in [3.05, 3.63) is 23.8 Å². The van der Waals surface area contributed by atoms with Crippen molar-refractivity contribution >= 4 is 6.03 Å². The highest BCUT2D eigenvalue weighted by atomic mass is 16.5. The molecule has 7 nitrogen and oxygen atoms in total. The Bertz CT molecular complexity index is 508. The first-order valence-electron chi connectivity index (χ1n) is 8.24. The fourth-order valence-corrected chi connectivity index (χ4v) is 2.75. The van der Waals surface area contributed by atoms with E-state index in [9.17, 15) is 4.79 Å². The van der Waals surface area contributed by atoms with Gasteiger partial charge in [-0.05, 0) is 24.1 Å². The molecule has 2 amide bonds. The number of carbonyl (C=O) groups is 1. The summed E-state index contributed by atoms with van der Waals surface area (Å²) in [6.07, 6.45) is 0.712. The average Bonchev–Trinajstić information content (AvgIpc) is 2.62. The van der Waals surface area contributed by atoms with Crippen LogP contribution in [0.25, 0.3) is 0 Å². The number of rotatable bonds is 7. The lowest BCUT2D eigenvalue weighted by molar-refractivity contribution is 0.122. The van der Waals surface area contributed by atoms with Crippen molar-refractivity contribution in [2.45, 2.75) is 6.42 Å². The fourth-order valence-electron chi connectivity index (χ4n) is 2.75. The maximum Gasteiger partial charge on any atom is 0.317 e. The number of amides is 2. The van der Waals surface area contributed by atoms with Gasteiger partial charge >= 0.3 is 6.03 Å². The topological polar surface area (TPSA) is 74.3 Å². The van der Waals surface area contributed by atoms with E-state index < -0.39 is 0 Å². The quantitative estimate of drug-likeness (QED) is 0.761. The van der Waals surface area contributed by atoms with Gasteiger partial charge < -0.3 is 24.8 Å². The number of methoxy groups -OCH3 is 2. The summed E-state index contributed by atoms with van der Waals surface area (Å²) in [5.74, 6) is 1.49. The molecule has 134 valence electrons. The Morgan fingerprint density at radius 3 is 2.29 bits per heavy atom. The molecule has 1 aromatic rings. The van der Waals surface area contributed by atoms with Gasteiger partial charge in [0.2, 0.25) is 0 Å². The predicted octanol–water partition coefficient (Wildman–Crippen LogP) is 0.566. The lowest BCUT2D eigenvalue weighted by atomic mass is 10.1. The van der Waals surface area contributed by atoms with Gasteiger partial charge in [0.25, 0.3) is 0 Å². The summed E-state index contributed by atoms with van der Waals surface area (Å²) in [4.78, 5) is 16.2. The average molecular weight is 337 g/mol. The van der Waals surface area contributed by atoms with Crippen LogP contribution in [-0.2, 0) is 6.42 Å². The van der Waals surface area contributed by atoms with Gasteiger partial charge in [0.05, 0.1) is 20.8 Å². The van der Waals surface area contributed by atoms with Gasteiger partial charge in [0.15, 0.2) is 0 Å². The van der Waals surface area contributed by atoms with Crippen molar-refractivity contribution in [2.24, 2.45) is 0 Å². The molecule has 1 aliphatic heterocycles. The molecule has 0 atom stereocenters. The smallest absolute Gasteiger partial charge is 0.317 e. The number of carbonyl (C=O) groups excluding carboxylic acids is 1. The minimum Gasteiger partial charge on any atom is -0.497 e. The normalized spacial score (nSPS) is 15.2. The van der Waals surface area contributed by atoms with Crippen LogP contribution in [0, 0.1) is 0 Å². The molecule has 2 rings (SSSR count). The molecule has 0 radical (unpaired) electrons. The number of aliphatic hydroxyl groups is 1. The maximum atomic E-state index is 12.2. The standard InChI is InChI=1S/C17H27N3O4/c1-23-15-11-14(12-16(13-15)24-2)3-4-18-17(22)20-7-5-19(6-8-20)9-10-21/h11-13,21H,3-10H2,1-2H3,(H,18,22). The molecule has 2 N–H and O–H groups in total. The molecule has 0 saturated carbocycles. The highest BCUT2D eigenvalue weighted by Crippen LogP contribution is 2.22. The Hall–Kier alpha value is -1.99. The lowest BCUT2D eigenvalue weighted by Gasteiger charge is -2.34. The maximum absolute atomic E-state index is 12.2. The lowest BCUT2D eigenvalue weighted by Crippen LogP contribution is -2.52. The molecular weight excluding hydrogens is 310 g/mol. The largest absolute Gasteiger partial charge is 0.497 e. The summed E-state index contributed by atoms with van der Waals surface area (Å²) in [6.45, 7) is 4.40. The summed E-state index contributed by atoms with van der Waals surface area (Å²) in [6, 6.07) is 5.69. The minimum atomic E-state index is -0.0338. The predicted molar refractivity (Wildman–Crippen MR) is 91.7 cm³/mol. The third-order valence-electron chi connectivity index (χ3n) is 4.18. The van der Waals surface area contributed by atoms with Gasteiger partial charge in [-0.15, -0.1) is 0 Å². The number of benzene rings is 1. The van der Waals surface area contributed by atoms with Crippen LogP contribution < -0.4 is 14.8 Å². The molecule has 1 fully saturated rings. The summed E-state index contributed by atoms with van der Waals surface area (Å²) >= 11 is 0. The molecule has 24 heavy (non-hydrogen) atoms. The minimum absolute atomic E-state index is 0.0338. The van der Waals surface area contributed by atoms with E-state index in [-0.39, 0.29) is 12.6 Å². The van der Waals surface area contributed by atoms with Crippen LogP contribution >= 0.6 is 0 Å². The van der Waals surface area contributed by atoms with Crippen LogP contribution in [0.4, 0.5) is 4.79 Å². The van der Waals surface area contributed by atoms with Gasteiger partial charge in [-0.2, -0.15) is 0 Å². The van der Waals surface area contributed by atoms with Crippen LogP contribution in [0.5, 0.6) is 11.5 Å². The highest BCUT2D eigenvalue weighted by Gasteiger charge is 2.20. The zero-order chi connectivity index (χ0) is 17.4. The van der Waals surface area contributed by atoms with Gasteiger partial charge in [-0.25, -0.2) is 4.79 Å². The summed E-state index contributed by atoms with van der Waals surface area (Å²) in [5.41, 5.74) is 1.05. The molecule has 1 aromatic carbocycles. The van der Waals surface area contributed by atoms with Crippen LogP contribution in [-0.4, -0.2) is 81.0 Å². The fraction of sp³-hybridized carbons (Fsp3) is 0.588. The van der Waals surface area contributed by atoms with E-state index in [1.165, 1.54) is 0 Å². The van der Waals surface area contributed by atoms with Crippen LogP contribution in [0.2, 0.25) is 0 Å². The molecular formula is C17H27N3O4. The molecule has 1 heterocycles. The first-order valence-corrected chi connectivity index (χ1v) is 8.24. The molecule has 1 saturated heterocycles. The highest BCUT2D eigenvalue weighted by molar-refractivity contribution is 5.74. The summed E-state index contributed by atoms with van der Waals surface area (Å²) in [7, 11) is 3.24. The number of ether oxygens (including phenoxy) is 2. The number of piperazine rings is 1. The van der Waals surface area contributed by atoms with Gasteiger partial charge in [0.1, 0.15) is 11.5 Å². The van der Waals surface area contributed by atoms with E-state index in [2.05, 4.69) is 10.2 Å². The number of urea groups is 1. The second-order valence-electron chi connectivity index (χ2n) is 5.76. The Morgan fingerprint density at radius 1 is 1.12 bits per heavy atom. The van der Waals surface area contributed by atoms with Crippen molar-refractivity contribution < 1.29 is 19.4 Å². The van der Waals surface area contributed by atoms with Crippen molar-refractivity contribution in [2.75, 3.05) is 60.1 Å². The molecule has 0 aromatic heterocycles. The van der Waals surface area contributed by atoms with E-state index in [0.717, 1.165) is 30.2 Å². The molecule has 0 bridgehead atoms. The molecule has 0 spiro atoms. The zero-order valence-electron chi connectivity index (χ0n) is 14.5. The molecule has 0 aliphatic carbocycles. The van der Waals surface area contributed by atoms with E-state index in [1.54, 1.807) is 14.2 Å². The number of nitrogens with one attached hydrogen (secondary N) is 1. The number of nitrogens with zero attached hydrogens (tertiary/aromatic N) is 2. The van der Waals surface area contributed by atoms with Crippen molar-refractivity contribution in [3.63, 3.8) is 0 Å². The second kappa shape index (κ2) is 9.34. The summed E-state index contributed by atoms with van der Waals surface area (Å²) < 4.78 is 10.5. The van der Waals surface area contributed by atoms with Crippen LogP contribution in [0.3, 0.4) is 0 Å². The van der Waals surface area contributed by atoms with E-state index in [1.807, 2.05) is 23.1 Å². The van der Waals surface area contributed by atoms with Gasteiger partial charge in [-0.3, -0.25) is 4.90 Å². The SMILES string of the molecule is COc1cc(CCNC(=O)N2CCN(CCO)CC2)cc(OC)c1. The van der Waals surface area contributed by atoms with E-state index >= 15 is 0 Å². The molecule has 1 aliphatic rings. The van der Waals surface area contributed by atoms with Crippen molar-refractivity contribution in [1.29, 1.82) is 0 Å². The number of aliphatic hydroxyl groups excluding tert-OH is 1. The monoisotopic (exact) mass is 337 g/mol. The van der Waals surface area contributed by atoms with Crippen molar-refractivity contribution in [1.82, 2.24) is 15.1 Å². The van der Waals surface area contributed by atoms with Gasteiger partial charge in [0, 0.05) is 45.3 Å². The van der Waals surface area contributed by atoms with Crippen LogP contribution in [0.1, 0.15) is 5.56 Å². The first-order chi connectivity index (χ1) is 11.7. The Kier molecular flexibility index (Phi) is 7.14. The van der Waals surface area contributed by atoms with Crippen molar-refractivity contribution in [3.8, 4) is 11.5 Å². The number of β-amino-alcohol motifs (C(OH)–C–C–N with tert-alkyl or cyclic N) is 1. The Balaban J connectivity index is 1.77. The molecule has 7 heteroatoms. The molecule has 0 unspecified atom stereocenters. The van der Waals surface area contributed by atoms with E-state index in [0.29, 0.717) is 32.6 Å². The number of hydrogen-bond acceptors (Lipinski definition) is 5. The third kappa shape index (κ3) is 5.28. The second-order valence-corrected chi connectivity index (χ2v) is 5.76. The Labute approximate surface area is 143 Å². The third-order valence-corrected chi connectivity index (χ3v) is 4.18. The van der Waals surface area contributed by atoms with Crippen LogP contribution in [0.15, 0.2) is 18.2 Å². The first kappa shape index (κ1) is 18.4. The van der Waals surface area contributed by atoms with E-state index in [4.69, 9.17) is 14.6 Å². The summed E-state index contributed by atoms with van der Waals surface area (Å²) in [5, 5.41) is 11.9. The Morgan fingerprint density at radius 2 is 1.75 bits per heavy atom. The number of hydrogen-bond donors (Lipinski definition) is 2. The van der Waals surface area contributed by atoms with Gasteiger partial charge in [-0.1, -0.05) is 0 Å². The zero-order valence-corrected chi connectivity index (χ0v) is 14.5.